The first kappa shape index (κ1) is 37.5. The van der Waals surface area contributed by atoms with Crippen LogP contribution in [0.2, 0.25) is 0 Å². The maximum atomic E-state index is 13.2. The number of fused-ring (bicyclic) bond motifs is 5. The Bertz CT molecular complexity index is 1600. The van der Waals surface area contributed by atoms with Crippen molar-refractivity contribution in [2.45, 2.75) is 105 Å². The van der Waals surface area contributed by atoms with Crippen LogP contribution in [-0.2, 0) is 42.9 Å². The van der Waals surface area contributed by atoms with E-state index < -0.39 is 87.9 Å². The van der Waals surface area contributed by atoms with Crippen LogP contribution in [0.5, 0.6) is 0 Å². The van der Waals surface area contributed by atoms with E-state index in [1.807, 2.05) is 69.3 Å². The molecule has 11 atom stereocenters. The molecule has 1 heterocycles. The van der Waals surface area contributed by atoms with Gasteiger partial charge >= 0.3 is 23.9 Å². The van der Waals surface area contributed by atoms with Gasteiger partial charge in [-0.25, -0.2) is 0 Å². The number of esters is 4. The number of aliphatic hydroxyl groups is 1. The minimum Gasteiger partial charge on any atom is -0.462 e. The van der Waals surface area contributed by atoms with E-state index in [-0.39, 0.29) is 13.2 Å². The van der Waals surface area contributed by atoms with E-state index >= 15 is 0 Å². The Morgan fingerprint density at radius 3 is 2.18 bits per heavy atom. The second-order valence-electron chi connectivity index (χ2n) is 15.2. The van der Waals surface area contributed by atoms with Crippen LogP contribution in [0.25, 0.3) is 5.57 Å². The monoisotopic (exact) mass is 692 g/mol. The van der Waals surface area contributed by atoms with E-state index in [0.717, 1.165) is 11.1 Å². The minimum atomic E-state index is -1.48. The van der Waals surface area contributed by atoms with E-state index in [9.17, 15) is 24.3 Å². The zero-order valence-electron chi connectivity index (χ0n) is 30.7. The van der Waals surface area contributed by atoms with Gasteiger partial charge in [-0.2, -0.15) is 0 Å². The number of allylic oxidation sites excluding steroid dienone is 2. The summed E-state index contributed by atoms with van der Waals surface area (Å²) >= 11 is 0. The maximum Gasteiger partial charge on any atom is 0.303 e. The SMILES string of the molecule is CC(=O)OC1C2[C@@](C)(CCC3[C@]2(C)[C@H](OC(C)=O)C=C(C)[C@@]3(O)/C=C(/C)c2ccccc2)C2C=CCOC[C@]2(C(C)OC(C)=O)[C@H]1OC(C)=O. The molecule has 1 N–H and O–H groups in total. The van der Waals surface area contributed by atoms with Crippen molar-refractivity contribution in [3.8, 4) is 0 Å². The van der Waals surface area contributed by atoms with Crippen LogP contribution in [0.3, 0.4) is 0 Å². The van der Waals surface area contributed by atoms with Crippen molar-refractivity contribution in [3.05, 3.63) is 65.8 Å². The maximum absolute atomic E-state index is 13.2. The van der Waals surface area contributed by atoms with Gasteiger partial charge in [0.1, 0.15) is 23.9 Å². The van der Waals surface area contributed by atoms with Crippen LogP contribution in [0.4, 0.5) is 0 Å². The van der Waals surface area contributed by atoms with Gasteiger partial charge in [0.05, 0.1) is 18.6 Å². The third kappa shape index (κ3) is 6.12. The second kappa shape index (κ2) is 13.8. The summed E-state index contributed by atoms with van der Waals surface area (Å²) in [5.74, 6) is -3.81. The van der Waals surface area contributed by atoms with Crippen LogP contribution >= 0.6 is 0 Å². The molecular weight excluding hydrogens is 640 g/mol. The van der Waals surface area contributed by atoms with Gasteiger partial charge in [-0.3, -0.25) is 19.2 Å². The average Bonchev–Trinajstić information content (AvgIpc) is 3.26. The number of carbonyl (C=O) groups excluding carboxylic acids is 4. The lowest BCUT2D eigenvalue weighted by Crippen LogP contribution is -2.76. The number of carbonyl (C=O) groups is 4. The topological polar surface area (TPSA) is 135 Å². The highest BCUT2D eigenvalue weighted by Gasteiger charge is 2.76. The fourth-order valence-electron chi connectivity index (χ4n) is 10.5. The van der Waals surface area contributed by atoms with E-state index in [1.54, 1.807) is 6.92 Å². The number of ether oxygens (including phenoxy) is 5. The van der Waals surface area contributed by atoms with E-state index in [4.69, 9.17) is 23.7 Å². The molecule has 4 aliphatic rings. The molecule has 3 aliphatic carbocycles. The van der Waals surface area contributed by atoms with E-state index in [2.05, 4.69) is 13.0 Å². The van der Waals surface area contributed by atoms with Crippen LogP contribution < -0.4 is 0 Å². The molecule has 2 fully saturated rings. The summed E-state index contributed by atoms with van der Waals surface area (Å²) in [6.45, 7) is 15.3. The van der Waals surface area contributed by atoms with Crippen LogP contribution in [0.1, 0.15) is 80.7 Å². The van der Waals surface area contributed by atoms with Crippen LogP contribution in [0, 0.1) is 34.0 Å². The number of rotatable bonds is 7. The zero-order valence-corrected chi connectivity index (χ0v) is 30.7. The fraction of sp³-hybridized carbons (Fsp3) is 0.600. The van der Waals surface area contributed by atoms with Gasteiger partial charge in [-0.05, 0) is 73.8 Å². The lowest BCUT2D eigenvalue weighted by atomic mass is 9.36. The van der Waals surface area contributed by atoms with Crippen molar-refractivity contribution < 1.29 is 48.0 Å². The molecule has 0 radical (unpaired) electrons. The first-order valence-corrected chi connectivity index (χ1v) is 17.5. The Balaban J connectivity index is 1.83. The van der Waals surface area contributed by atoms with Gasteiger partial charge in [0.15, 0.2) is 6.10 Å². The predicted octanol–water partition coefficient (Wildman–Crippen LogP) is 5.77. The van der Waals surface area contributed by atoms with Crippen LogP contribution in [-0.4, -0.2) is 72.2 Å². The summed E-state index contributed by atoms with van der Waals surface area (Å²) in [5.41, 5.74) is -1.99. The summed E-state index contributed by atoms with van der Waals surface area (Å²) in [4.78, 5) is 51.6. The first-order chi connectivity index (χ1) is 23.4. The lowest BCUT2D eigenvalue weighted by molar-refractivity contribution is -0.301. The fourth-order valence-corrected chi connectivity index (χ4v) is 10.5. The summed E-state index contributed by atoms with van der Waals surface area (Å²) in [5, 5.41) is 13.0. The Hall–Kier alpha value is -3.76. The summed E-state index contributed by atoms with van der Waals surface area (Å²) in [6.07, 6.45) is 4.85. The molecule has 5 rings (SSSR count). The Morgan fingerprint density at radius 1 is 0.940 bits per heavy atom. The number of benzene rings is 1. The van der Waals surface area contributed by atoms with Gasteiger partial charge in [-0.15, -0.1) is 0 Å². The molecule has 5 unspecified atom stereocenters. The molecule has 50 heavy (non-hydrogen) atoms. The molecule has 0 spiro atoms. The molecule has 272 valence electrons. The Morgan fingerprint density at radius 2 is 1.58 bits per heavy atom. The molecule has 0 saturated heterocycles. The normalized spacial score (nSPS) is 38.5. The number of hydrogen-bond acceptors (Lipinski definition) is 10. The van der Waals surface area contributed by atoms with E-state index in [0.29, 0.717) is 18.4 Å². The van der Waals surface area contributed by atoms with Crippen molar-refractivity contribution in [1.29, 1.82) is 0 Å². The molecule has 0 amide bonds. The standard InChI is InChI=1S/C40H52O10/c1-23(30-14-11-10-12-15-30)21-40(45)24(2)20-33(48-27(5)42)38(9)32(40)17-18-37(8)31-16-13-19-46-22-39(31,25(3)47-26(4)41)36(50-29(7)44)34(35(37)38)49-28(6)43/h10-16,20-21,25,31-36,45H,17-19,22H2,1-9H3/b23-21-/t25?,31?,32?,33-,34?,35?,36+,37+,38-,39-,40+/m1/s1. The summed E-state index contributed by atoms with van der Waals surface area (Å²) in [7, 11) is 0. The third-order valence-electron chi connectivity index (χ3n) is 12.3. The molecule has 2 saturated carbocycles. The molecule has 10 nitrogen and oxygen atoms in total. The van der Waals surface area contributed by atoms with Gasteiger partial charge in [0.2, 0.25) is 0 Å². The lowest BCUT2D eigenvalue weighted by Gasteiger charge is -2.70. The van der Waals surface area contributed by atoms with Crippen molar-refractivity contribution in [2.75, 3.05) is 13.2 Å². The molecular formula is C40H52O10. The highest BCUT2D eigenvalue weighted by atomic mass is 16.6. The molecule has 0 aromatic heterocycles. The second-order valence-corrected chi connectivity index (χ2v) is 15.2. The predicted molar refractivity (Wildman–Crippen MR) is 185 cm³/mol. The van der Waals surface area contributed by atoms with Crippen molar-refractivity contribution in [2.24, 2.45) is 34.0 Å². The third-order valence-corrected chi connectivity index (χ3v) is 12.3. The quantitative estimate of drug-likeness (QED) is 0.213. The molecule has 0 bridgehead atoms. The van der Waals surface area contributed by atoms with Gasteiger partial charge in [0, 0.05) is 44.9 Å². The smallest absolute Gasteiger partial charge is 0.303 e. The van der Waals surface area contributed by atoms with Crippen molar-refractivity contribution in [3.63, 3.8) is 0 Å². The van der Waals surface area contributed by atoms with Crippen LogP contribution in [0.15, 0.2) is 60.2 Å². The molecule has 10 heteroatoms. The Labute approximate surface area is 295 Å². The van der Waals surface area contributed by atoms with E-state index in [1.165, 1.54) is 27.7 Å². The average molecular weight is 693 g/mol. The molecule has 1 aromatic carbocycles. The Kier molecular flexibility index (Phi) is 10.3. The largest absolute Gasteiger partial charge is 0.462 e. The molecule has 1 aromatic rings. The zero-order chi connectivity index (χ0) is 36.8. The highest BCUT2D eigenvalue weighted by molar-refractivity contribution is 5.69. The highest BCUT2D eigenvalue weighted by Crippen LogP contribution is 2.72. The van der Waals surface area contributed by atoms with Crippen molar-refractivity contribution >= 4 is 29.5 Å². The summed E-state index contributed by atoms with van der Waals surface area (Å²) in [6, 6.07) is 9.80. The van der Waals surface area contributed by atoms with Gasteiger partial charge in [-0.1, -0.05) is 56.3 Å². The first-order valence-electron chi connectivity index (χ1n) is 17.5. The van der Waals surface area contributed by atoms with Gasteiger partial charge in [0.25, 0.3) is 0 Å². The number of hydrogen-bond donors (Lipinski definition) is 1. The molecule has 1 aliphatic heterocycles. The van der Waals surface area contributed by atoms with Crippen molar-refractivity contribution in [1.82, 2.24) is 0 Å². The summed E-state index contributed by atoms with van der Waals surface area (Å²) < 4.78 is 30.8. The minimum absolute atomic E-state index is 0.0482. The van der Waals surface area contributed by atoms with Gasteiger partial charge < -0.3 is 28.8 Å².